The molecule has 1 saturated carbocycles. The highest BCUT2D eigenvalue weighted by atomic mass is 16.8. The van der Waals surface area contributed by atoms with Crippen molar-refractivity contribution < 1.29 is 19.0 Å². The predicted molar refractivity (Wildman–Crippen MR) is 72.8 cm³/mol. The Morgan fingerprint density at radius 1 is 1.25 bits per heavy atom. The molecule has 1 aliphatic heterocycles. The highest BCUT2D eigenvalue weighted by molar-refractivity contribution is 5.78. The molecular formula is C16H20O4. The lowest BCUT2D eigenvalue weighted by molar-refractivity contribution is -0.162. The highest BCUT2D eigenvalue weighted by Gasteiger charge is 2.59. The van der Waals surface area contributed by atoms with Crippen LogP contribution in [0.25, 0.3) is 0 Å². The molecule has 0 aromatic heterocycles. The lowest BCUT2D eigenvalue weighted by Crippen LogP contribution is -2.33. The molecule has 0 amide bonds. The molecule has 20 heavy (non-hydrogen) atoms. The van der Waals surface area contributed by atoms with E-state index in [2.05, 4.69) is 0 Å². The van der Waals surface area contributed by atoms with Crippen molar-refractivity contribution in [1.82, 2.24) is 0 Å². The van der Waals surface area contributed by atoms with E-state index in [-0.39, 0.29) is 11.4 Å². The van der Waals surface area contributed by atoms with Gasteiger partial charge in [0.2, 0.25) is 5.79 Å². The van der Waals surface area contributed by atoms with Gasteiger partial charge in [-0.05, 0) is 18.4 Å². The third kappa shape index (κ3) is 2.72. The molecule has 2 aliphatic rings. The summed E-state index contributed by atoms with van der Waals surface area (Å²) in [6, 6.07) is 10.0. The molecule has 1 aliphatic carbocycles. The summed E-state index contributed by atoms with van der Waals surface area (Å²) >= 11 is 0. The Balaban J connectivity index is 1.56. The summed E-state index contributed by atoms with van der Waals surface area (Å²) in [7, 11) is 0. The van der Waals surface area contributed by atoms with Crippen LogP contribution >= 0.6 is 0 Å². The van der Waals surface area contributed by atoms with Gasteiger partial charge in [-0.3, -0.25) is 0 Å². The molecule has 0 radical (unpaired) electrons. The number of carbonyl (C=O) groups excluding carboxylic acids is 1. The molecule has 1 aromatic carbocycles. The third-order valence-corrected chi connectivity index (χ3v) is 3.91. The molecule has 0 bridgehead atoms. The maximum absolute atomic E-state index is 11.9. The van der Waals surface area contributed by atoms with Crippen LogP contribution in [-0.2, 0) is 25.6 Å². The van der Waals surface area contributed by atoms with Crippen molar-refractivity contribution in [2.75, 3.05) is 6.61 Å². The summed E-state index contributed by atoms with van der Waals surface area (Å²) in [6.45, 7) is 4.64. The first-order valence-electron chi connectivity index (χ1n) is 7.03. The standard InChI is InChI=1S/C16H20O4/c1-15(2)19-13(14(17)20-15)16(8-9-16)11-18-10-12-6-4-3-5-7-12/h3-7,13H,8-11H2,1-2H3. The molecule has 108 valence electrons. The Hall–Kier alpha value is -1.39. The Morgan fingerprint density at radius 2 is 1.95 bits per heavy atom. The van der Waals surface area contributed by atoms with Gasteiger partial charge in [-0.2, -0.15) is 0 Å². The molecule has 1 unspecified atom stereocenters. The number of cyclic esters (lactones) is 1. The minimum absolute atomic E-state index is 0.181. The fourth-order valence-corrected chi connectivity index (χ4v) is 2.62. The van der Waals surface area contributed by atoms with Crippen molar-refractivity contribution in [2.45, 2.75) is 45.2 Å². The average Bonchev–Trinajstić information content (AvgIpc) is 3.12. The smallest absolute Gasteiger partial charge is 0.338 e. The molecule has 1 heterocycles. The summed E-state index contributed by atoms with van der Waals surface area (Å²) in [6.07, 6.45) is 1.43. The minimum atomic E-state index is -0.809. The highest BCUT2D eigenvalue weighted by Crippen LogP contribution is 2.53. The second kappa shape index (κ2) is 4.86. The van der Waals surface area contributed by atoms with Crippen molar-refractivity contribution in [3.05, 3.63) is 35.9 Å². The summed E-state index contributed by atoms with van der Waals surface area (Å²) in [5, 5.41) is 0. The lowest BCUT2D eigenvalue weighted by Gasteiger charge is -2.21. The van der Waals surface area contributed by atoms with E-state index >= 15 is 0 Å². The number of carbonyl (C=O) groups is 1. The van der Waals surface area contributed by atoms with Gasteiger partial charge >= 0.3 is 5.97 Å². The van der Waals surface area contributed by atoms with Crippen LogP contribution in [0.2, 0.25) is 0 Å². The SMILES string of the molecule is CC1(C)OC(=O)C(C2(COCc3ccccc3)CC2)O1. The second-order valence-electron chi connectivity index (χ2n) is 6.16. The Kier molecular flexibility index (Phi) is 3.30. The Morgan fingerprint density at radius 3 is 2.50 bits per heavy atom. The van der Waals surface area contributed by atoms with Gasteiger partial charge in [0.25, 0.3) is 0 Å². The average molecular weight is 276 g/mol. The summed E-state index contributed by atoms with van der Waals surface area (Å²) in [4.78, 5) is 11.9. The van der Waals surface area contributed by atoms with E-state index in [1.807, 2.05) is 30.3 Å². The van der Waals surface area contributed by atoms with Crippen molar-refractivity contribution >= 4 is 5.97 Å². The van der Waals surface area contributed by atoms with Crippen LogP contribution in [0.1, 0.15) is 32.3 Å². The monoisotopic (exact) mass is 276 g/mol. The zero-order valence-electron chi connectivity index (χ0n) is 11.9. The first kappa shape index (κ1) is 13.6. The summed E-state index contributed by atoms with van der Waals surface area (Å²) in [5.74, 6) is -1.06. The molecule has 0 N–H and O–H groups in total. The number of benzene rings is 1. The van der Waals surface area contributed by atoms with Crippen molar-refractivity contribution in [1.29, 1.82) is 0 Å². The molecule has 1 aromatic rings. The zero-order valence-corrected chi connectivity index (χ0v) is 11.9. The minimum Gasteiger partial charge on any atom is -0.432 e. The molecule has 0 spiro atoms. The molecule has 1 atom stereocenters. The van der Waals surface area contributed by atoms with E-state index in [0.717, 1.165) is 18.4 Å². The van der Waals surface area contributed by atoms with Crippen LogP contribution in [0.15, 0.2) is 30.3 Å². The first-order valence-corrected chi connectivity index (χ1v) is 7.03. The van der Waals surface area contributed by atoms with Crippen molar-refractivity contribution in [3.8, 4) is 0 Å². The molecule has 3 rings (SSSR count). The third-order valence-electron chi connectivity index (χ3n) is 3.91. The first-order chi connectivity index (χ1) is 9.51. The zero-order chi connectivity index (χ0) is 14.2. The maximum atomic E-state index is 11.9. The van der Waals surface area contributed by atoms with E-state index in [9.17, 15) is 4.79 Å². The van der Waals surface area contributed by atoms with E-state index in [1.165, 1.54) is 0 Å². The van der Waals surface area contributed by atoms with Crippen LogP contribution in [0.3, 0.4) is 0 Å². The largest absolute Gasteiger partial charge is 0.432 e. The molecule has 4 heteroatoms. The van der Waals surface area contributed by atoms with Gasteiger partial charge in [0, 0.05) is 19.3 Å². The Labute approximate surface area is 119 Å². The Bertz CT molecular complexity index is 490. The number of esters is 1. The van der Waals surface area contributed by atoms with E-state index in [0.29, 0.717) is 13.2 Å². The fraction of sp³-hybridized carbons (Fsp3) is 0.562. The van der Waals surface area contributed by atoms with E-state index < -0.39 is 11.9 Å². The fourth-order valence-electron chi connectivity index (χ4n) is 2.62. The number of rotatable bonds is 5. The van der Waals surface area contributed by atoms with Crippen molar-refractivity contribution in [3.63, 3.8) is 0 Å². The van der Waals surface area contributed by atoms with Crippen LogP contribution in [-0.4, -0.2) is 24.5 Å². The van der Waals surface area contributed by atoms with Crippen LogP contribution in [0.5, 0.6) is 0 Å². The summed E-state index contributed by atoms with van der Waals surface area (Å²) < 4.78 is 16.8. The molecule has 1 saturated heterocycles. The van der Waals surface area contributed by atoms with Gasteiger partial charge in [0.15, 0.2) is 6.10 Å². The maximum Gasteiger partial charge on any atom is 0.338 e. The van der Waals surface area contributed by atoms with Gasteiger partial charge in [-0.25, -0.2) is 4.79 Å². The number of hydrogen-bond donors (Lipinski definition) is 0. The number of hydrogen-bond acceptors (Lipinski definition) is 4. The second-order valence-corrected chi connectivity index (χ2v) is 6.16. The van der Waals surface area contributed by atoms with Gasteiger partial charge in [0.05, 0.1) is 13.2 Å². The van der Waals surface area contributed by atoms with Gasteiger partial charge < -0.3 is 14.2 Å². The molecule has 4 nitrogen and oxygen atoms in total. The normalized spacial score (nSPS) is 26.3. The molecular weight excluding hydrogens is 256 g/mol. The van der Waals surface area contributed by atoms with Gasteiger partial charge in [-0.1, -0.05) is 30.3 Å². The van der Waals surface area contributed by atoms with Crippen LogP contribution < -0.4 is 0 Å². The predicted octanol–water partition coefficient (Wildman–Crippen LogP) is 2.66. The van der Waals surface area contributed by atoms with Crippen LogP contribution in [0.4, 0.5) is 0 Å². The quantitative estimate of drug-likeness (QED) is 0.776. The van der Waals surface area contributed by atoms with Crippen LogP contribution in [0, 0.1) is 5.41 Å². The van der Waals surface area contributed by atoms with Gasteiger partial charge in [-0.15, -0.1) is 0 Å². The lowest BCUT2D eigenvalue weighted by atomic mass is 10.0. The topological polar surface area (TPSA) is 44.8 Å². The summed E-state index contributed by atoms with van der Waals surface area (Å²) in [5.41, 5.74) is 0.957. The number of ether oxygens (including phenoxy) is 3. The van der Waals surface area contributed by atoms with E-state index in [1.54, 1.807) is 13.8 Å². The van der Waals surface area contributed by atoms with Gasteiger partial charge in [0.1, 0.15) is 0 Å². The van der Waals surface area contributed by atoms with Crippen molar-refractivity contribution in [2.24, 2.45) is 5.41 Å². The van der Waals surface area contributed by atoms with E-state index in [4.69, 9.17) is 14.2 Å². The molecule has 2 fully saturated rings.